The lowest BCUT2D eigenvalue weighted by Crippen LogP contribution is -1.86. The third-order valence-electron chi connectivity index (χ3n) is 4.89. The Morgan fingerprint density at radius 3 is 2.32 bits per heavy atom. The first-order valence-electron chi connectivity index (χ1n) is 9.13. The normalized spacial score (nSPS) is 11.0. The van der Waals surface area contributed by atoms with Crippen LogP contribution in [0.15, 0.2) is 89.6 Å². The molecule has 0 saturated carbocycles. The number of nitrogens with zero attached hydrogens (tertiary/aromatic N) is 3. The van der Waals surface area contributed by atoms with Crippen LogP contribution in [0.1, 0.15) is 5.56 Å². The van der Waals surface area contributed by atoms with E-state index in [1.807, 2.05) is 48.7 Å². The van der Waals surface area contributed by atoms with Crippen molar-refractivity contribution < 1.29 is 4.42 Å². The van der Waals surface area contributed by atoms with Gasteiger partial charge in [-0.25, -0.2) is 0 Å². The molecule has 0 atom stereocenters. The lowest BCUT2D eigenvalue weighted by Gasteiger charge is -2.06. The molecule has 2 aromatic heterocycles. The molecule has 0 aliphatic heterocycles. The van der Waals surface area contributed by atoms with Gasteiger partial charge in [0.15, 0.2) is 0 Å². The Kier molecular flexibility index (Phi) is 3.95. The predicted molar refractivity (Wildman–Crippen MR) is 111 cm³/mol. The summed E-state index contributed by atoms with van der Waals surface area (Å²) in [5, 5.41) is 10.8. The number of rotatable bonds is 3. The Morgan fingerprint density at radius 2 is 1.39 bits per heavy atom. The van der Waals surface area contributed by atoms with Crippen LogP contribution in [0, 0.1) is 6.92 Å². The zero-order valence-electron chi connectivity index (χ0n) is 15.3. The van der Waals surface area contributed by atoms with Gasteiger partial charge in [0.1, 0.15) is 0 Å². The Bertz CT molecular complexity index is 1280. The van der Waals surface area contributed by atoms with Crippen LogP contribution in [0.2, 0.25) is 0 Å². The molecular formula is C24H17N3O. The lowest BCUT2D eigenvalue weighted by atomic mass is 10.0. The van der Waals surface area contributed by atoms with Crippen molar-refractivity contribution in [3.05, 3.63) is 90.8 Å². The average molecular weight is 363 g/mol. The fourth-order valence-electron chi connectivity index (χ4n) is 3.46. The Balaban J connectivity index is 1.57. The molecular weight excluding hydrogens is 346 g/mol. The maximum absolute atomic E-state index is 6.02. The maximum atomic E-state index is 6.02. The highest BCUT2D eigenvalue weighted by Crippen LogP contribution is 2.31. The summed E-state index contributed by atoms with van der Waals surface area (Å²) in [6, 6.07) is 24.5. The van der Waals surface area contributed by atoms with Gasteiger partial charge in [0, 0.05) is 23.5 Å². The minimum absolute atomic E-state index is 0.464. The quantitative estimate of drug-likeness (QED) is 0.399. The van der Waals surface area contributed by atoms with E-state index in [2.05, 4.69) is 52.4 Å². The number of pyridine rings is 1. The minimum Gasteiger partial charge on any atom is -0.416 e. The first kappa shape index (κ1) is 16.4. The van der Waals surface area contributed by atoms with E-state index in [1.165, 1.54) is 5.56 Å². The Morgan fingerprint density at radius 1 is 0.679 bits per heavy atom. The van der Waals surface area contributed by atoms with Gasteiger partial charge in [0.25, 0.3) is 0 Å². The molecule has 28 heavy (non-hydrogen) atoms. The van der Waals surface area contributed by atoms with Gasteiger partial charge in [-0.2, -0.15) is 0 Å². The highest BCUT2D eigenvalue weighted by Gasteiger charge is 2.14. The zero-order chi connectivity index (χ0) is 18.9. The van der Waals surface area contributed by atoms with Crippen molar-refractivity contribution in [1.29, 1.82) is 0 Å². The van der Waals surface area contributed by atoms with Crippen molar-refractivity contribution in [3.63, 3.8) is 0 Å². The number of fused-ring (bicyclic) bond motifs is 1. The van der Waals surface area contributed by atoms with Gasteiger partial charge < -0.3 is 4.42 Å². The minimum atomic E-state index is 0.464. The molecule has 134 valence electrons. The molecule has 0 aliphatic rings. The number of aryl methyl sites for hydroxylation is 1. The number of hydrogen-bond acceptors (Lipinski definition) is 4. The van der Waals surface area contributed by atoms with Gasteiger partial charge in [-0.05, 0) is 41.0 Å². The number of benzene rings is 3. The van der Waals surface area contributed by atoms with Gasteiger partial charge in [-0.15, -0.1) is 10.2 Å². The topological polar surface area (TPSA) is 51.8 Å². The largest absolute Gasteiger partial charge is 0.416 e. The first-order valence-corrected chi connectivity index (χ1v) is 9.13. The monoisotopic (exact) mass is 363 g/mol. The predicted octanol–water partition coefficient (Wildman–Crippen LogP) is 5.93. The molecule has 3 aromatic carbocycles. The van der Waals surface area contributed by atoms with Crippen LogP contribution in [0.5, 0.6) is 0 Å². The van der Waals surface area contributed by atoms with Crippen molar-refractivity contribution >= 4 is 10.8 Å². The molecule has 4 heteroatoms. The molecule has 0 radical (unpaired) electrons. The van der Waals surface area contributed by atoms with Crippen LogP contribution in [0.3, 0.4) is 0 Å². The third-order valence-corrected chi connectivity index (χ3v) is 4.89. The summed E-state index contributed by atoms with van der Waals surface area (Å²) in [6.07, 6.45) is 3.61. The van der Waals surface area contributed by atoms with Gasteiger partial charge >= 0.3 is 0 Å². The van der Waals surface area contributed by atoms with Crippen molar-refractivity contribution in [1.82, 2.24) is 15.2 Å². The fraction of sp³-hybridized carbons (Fsp3) is 0.0417. The van der Waals surface area contributed by atoms with Crippen LogP contribution in [0.25, 0.3) is 44.8 Å². The molecule has 4 nitrogen and oxygen atoms in total. The smallest absolute Gasteiger partial charge is 0.249 e. The molecule has 0 N–H and O–H groups in total. The highest BCUT2D eigenvalue weighted by molar-refractivity contribution is 5.94. The highest BCUT2D eigenvalue weighted by atomic mass is 16.4. The summed E-state index contributed by atoms with van der Waals surface area (Å²) in [7, 11) is 0. The standard InChI is InChI=1S/C24H17N3O/c1-16-7-2-4-10-20(16)18-13-19(15-25-14-18)23-26-27-24(28-23)22-12-6-9-17-8-3-5-11-21(17)22/h2-15H,1H3. The van der Waals surface area contributed by atoms with Crippen LogP contribution < -0.4 is 0 Å². The SMILES string of the molecule is Cc1ccccc1-c1cncc(-c2nnc(-c3cccc4ccccc34)o2)c1. The number of hydrogen-bond donors (Lipinski definition) is 0. The fourth-order valence-corrected chi connectivity index (χ4v) is 3.46. The van der Waals surface area contributed by atoms with Crippen molar-refractivity contribution in [2.45, 2.75) is 6.92 Å². The van der Waals surface area contributed by atoms with Crippen LogP contribution in [-0.4, -0.2) is 15.2 Å². The molecule has 0 saturated heterocycles. The molecule has 5 rings (SSSR count). The summed E-state index contributed by atoms with van der Waals surface area (Å²) in [5.74, 6) is 0.971. The van der Waals surface area contributed by atoms with E-state index in [0.717, 1.165) is 33.0 Å². The molecule has 0 unspecified atom stereocenters. The Labute approximate surface area is 162 Å². The molecule has 0 aliphatic carbocycles. The molecule has 2 heterocycles. The second-order valence-electron chi connectivity index (χ2n) is 6.72. The Hall–Kier alpha value is -3.79. The average Bonchev–Trinajstić information content (AvgIpc) is 3.24. The van der Waals surface area contributed by atoms with E-state index in [-0.39, 0.29) is 0 Å². The van der Waals surface area contributed by atoms with Gasteiger partial charge in [0.05, 0.1) is 5.56 Å². The third kappa shape index (κ3) is 2.85. The molecule has 5 aromatic rings. The summed E-state index contributed by atoms with van der Waals surface area (Å²) >= 11 is 0. The molecule has 0 bridgehead atoms. The van der Waals surface area contributed by atoms with Crippen LogP contribution in [-0.2, 0) is 0 Å². The van der Waals surface area contributed by atoms with Gasteiger partial charge in [-0.3, -0.25) is 4.98 Å². The summed E-state index contributed by atoms with van der Waals surface area (Å²) in [5.41, 5.74) is 5.11. The van der Waals surface area contributed by atoms with Crippen LogP contribution >= 0.6 is 0 Å². The van der Waals surface area contributed by atoms with E-state index in [0.29, 0.717) is 11.8 Å². The second-order valence-corrected chi connectivity index (χ2v) is 6.72. The lowest BCUT2D eigenvalue weighted by molar-refractivity contribution is 0.585. The van der Waals surface area contributed by atoms with Crippen molar-refractivity contribution in [3.8, 4) is 34.0 Å². The van der Waals surface area contributed by atoms with Gasteiger partial charge in [-0.1, -0.05) is 60.7 Å². The van der Waals surface area contributed by atoms with E-state index in [9.17, 15) is 0 Å². The van der Waals surface area contributed by atoms with E-state index >= 15 is 0 Å². The second kappa shape index (κ2) is 6.74. The van der Waals surface area contributed by atoms with E-state index < -0.39 is 0 Å². The molecule has 0 fully saturated rings. The van der Waals surface area contributed by atoms with Gasteiger partial charge in [0.2, 0.25) is 11.8 Å². The van der Waals surface area contributed by atoms with Crippen molar-refractivity contribution in [2.24, 2.45) is 0 Å². The summed E-state index contributed by atoms with van der Waals surface area (Å²) < 4.78 is 6.02. The zero-order valence-corrected chi connectivity index (χ0v) is 15.3. The summed E-state index contributed by atoms with van der Waals surface area (Å²) in [4.78, 5) is 4.38. The molecule has 0 amide bonds. The van der Waals surface area contributed by atoms with E-state index in [1.54, 1.807) is 6.20 Å². The first-order chi connectivity index (χ1) is 13.8. The number of aromatic nitrogens is 3. The summed E-state index contributed by atoms with van der Waals surface area (Å²) in [6.45, 7) is 2.09. The van der Waals surface area contributed by atoms with Crippen molar-refractivity contribution in [2.75, 3.05) is 0 Å². The molecule has 0 spiro atoms. The maximum Gasteiger partial charge on any atom is 0.249 e. The van der Waals surface area contributed by atoms with Crippen LogP contribution in [0.4, 0.5) is 0 Å². The van der Waals surface area contributed by atoms with E-state index in [4.69, 9.17) is 4.42 Å².